The lowest BCUT2D eigenvalue weighted by Gasteiger charge is -2.27. The van der Waals surface area contributed by atoms with E-state index in [1.165, 1.54) is 17.2 Å². The van der Waals surface area contributed by atoms with Crippen molar-refractivity contribution >= 4 is 28.1 Å². The number of benzene rings is 2. The van der Waals surface area contributed by atoms with Crippen LogP contribution < -0.4 is 4.18 Å². The highest BCUT2D eigenvalue weighted by atomic mass is 35.5. The second-order valence-corrected chi connectivity index (χ2v) is 10.1. The van der Waals surface area contributed by atoms with Gasteiger partial charge >= 0.3 is 10.1 Å². The molecule has 0 spiro atoms. The summed E-state index contributed by atoms with van der Waals surface area (Å²) in [4.78, 5) is 18.7. The third-order valence-electron chi connectivity index (χ3n) is 4.09. The van der Waals surface area contributed by atoms with Crippen LogP contribution >= 0.6 is 11.6 Å². The van der Waals surface area contributed by atoms with E-state index in [1.807, 2.05) is 33.9 Å². The molecular formula is C22H29ClN2O5S. The van der Waals surface area contributed by atoms with Gasteiger partial charge in [-0.15, -0.1) is 0 Å². The molecule has 2 aromatic carbocycles. The summed E-state index contributed by atoms with van der Waals surface area (Å²) in [6, 6.07) is 13.1. The van der Waals surface area contributed by atoms with E-state index in [0.29, 0.717) is 19.5 Å². The van der Waals surface area contributed by atoms with Gasteiger partial charge in [0.05, 0.1) is 10.6 Å². The molecule has 0 heterocycles. The summed E-state index contributed by atoms with van der Waals surface area (Å²) in [5.41, 5.74) is 0.463. The molecule has 0 N–H and O–H groups in total. The molecule has 0 aliphatic heterocycles. The molecule has 9 heteroatoms. The van der Waals surface area contributed by atoms with Gasteiger partial charge in [0.1, 0.15) is 10.6 Å². The fourth-order valence-electron chi connectivity index (χ4n) is 2.87. The number of carbonyl (C=O) groups is 1. The second-order valence-electron chi connectivity index (χ2n) is 8.16. The predicted molar refractivity (Wildman–Crippen MR) is 120 cm³/mol. The number of halogens is 1. The Labute approximate surface area is 189 Å². The highest BCUT2D eigenvalue weighted by molar-refractivity contribution is 7.87. The van der Waals surface area contributed by atoms with E-state index in [9.17, 15) is 13.2 Å². The van der Waals surface area contributed by atoms with Crippen LogP contribution in [0.4, 0.5) is 0 Å². The number of rotatable bonds is 11. The van der Waals surface area contributed by atoms with Gasteiger partial charge in [0, 0.05) is 13.1 Å². The van der Waals surface area contributed by atoms with Gasteiger partial charge in [0.15, 0.2) is 0 Å². The molecule has 0 aromatic heterocycles. The van der Waals surface area contributed by atoms with Crippen molar-refractivity contribution in [2.45, 2.75) is 44.2 Å². The van der Waals surface area contributed by atoms with Crippen molar-refractivity contribution in [3.63, 3.8) is 0 Å². The maximum Gasteiger partial charge on any atom is 0.340 e. The normalized spacial score (nSPS) is 12.1. The predicted octanol–water partition coefficient (Wildman–Crippen LogP) is 4.12. The minimum Gasteiger partial charge on any atom is -0.379 e. The van der Waals surface area contributed by atoms with Gasteiger partial charge in [0.25, 0.3) is 0 Å². The first-order valence-corrected chi connectivity index (χ1v) is 11.7. The van der Waals surface area contributed by atoms with Crippen LogP contribution in [0, 0.1) is 0 Å². The molecule has 0 fully saturated rings. The Hall–Kier alpha value is -2.13. The van der Waals surface area contributed by atoms with Crippen LogP contribution in [0.25, 0.3) is 0 Å². The third-order valence-corrected chi connectivity index (χ3v) is 5.84. The number of amides is 1. The minimum atomic E-state index is -4.03. The average Bonchev–Trinajstić information content (AvgIpc) is 2.66. The van der Waals surface area contributed by atoms with Crippen molar-refractivity contribution in [2.75, 3.05) is 20.1 Å². The fourth-order valence-corrected chi connectivity index (χ4v) is 4.29. The quantitative estimate of drug-likeness (QED) is 0.280. The molecule has 1 amide bonds. The molecule has 0 saturated carbocycles. The first-order chi connectivity index (χ1) is 14.5. The molecule has 0 saturated heterocycles. The van der Waals surface area contributed by atoms with Gasteiger partial charge in [-0.1, -0.05) is 35.9 Å². The van der Waals surface area contributed by atoms with Crippen LogP contribution in [0.1, 0.15) is 32.8 Å². The molecule has 2 rings (SSSR count). The van der Waals surface area contributed by atoms with E-state index < -0.39 is 15.7 Å². The third kappa shape index (κ3) is 8.49. The van der Waals surface area contributed by atoms with Gasteiger partial charge in [-0.25, -0.2) is 5.06 Å². The van der Waals surface area contributed by atoms with Crippen LogP contribution in [0.3, 0.4) is 0 Å². The SMILES string of the molecule is CN(CCCN(C=O)OC(C)(C)C)Cc1cccc(OS(=O)(=O)c2ccccc2Cl)c1. The van der Waals surface area contributed by atoms with Gasteiger partial charge in [-0.05, 0) is 70.6 Å². The molecular weight excluding hydrogens is 440 g/mol. The smallest absolute Gasteiger partial charge is 0.340 e. The molecule has 0 bridgehead atoms. The Kier molecular flexibility index (Phi) is 8.88. The Morgan fingerprint density at radius 2 is 1.77 bits per heavy atom. The first kappa shape index (κ1) is 25.1. The van der Waals surface area contributed by atoms with Crippen molar-refractivity contribution in [3.8, 4) is 5.75 Å². The molecule has 0 unspecified atom stereocenters. The van der Waals surface area contributed by atoms with Crippen LogP contribution in [0.5, 0.6) is 5.75 Å². The number of nitrogens with zero attached hydrogens (tertiary/aromatic N) is 2. The van der Waals surface area contributed by atoms with Crippen molar-refractivity contribution in [1.82, 2.24) is 9.96 Å². The number of hydrogen-bond donors (Lipinski definition) is 0. The van der Waals surface area contributed by atoms with Crippen molar-refractivity contribution in [1.29, 1.82) is 0 Å². The maximum absolute atomic E-state index is 12.5. The average molecular weight is 469 g/mol. The van der Waals surface area contributed by atoms with Crippen LogP contribution in [-0.2, 0) is 26.3 Å². The van der Waals surface area contributed by atoms with E-state index >= 15 is 0 Å². The maximum atomic E-state index is 12.5. The highest BCUT2D eigenvalue weighted by Gasteiger charge is 2.20. The summed E-state index contributed by atoms with van der Waals surface area (Å²) < 4.78 is 30.3. The largest absolute Gasteiger partial charge is 0.379 e. The molecule has 0 aliphatic carbocycles. The number of carbonyl (C=O) groups excluding carboxylic acids is 1. The van der Waals surface area contributed by atoms with E-state index in [4.69, 9.17) is 20.6 Å². The zero-order valence-corrected chi connectivity index (χ0v) is 19.8. The van der Waals surface area contributed by atoms with E-state index in [0.717, 1.165) is 18.5 Å². The summed E-state index contributed by atoms with van der Waals surface area (Å²) in [7, 11) is -2.08. The summed E-state index contributed by atoms with van der Waals surface area (Å²) in [6.45, 7) is 7.44. The van der Waals surface area contributed by atoms with Crippen molar-refractivity contribution in [3.05, 3.63) is 59.1 Å². The van der Waals surface area contributed by atoms with E-state index in [1.54, 1.807) is 30.3 Å². The lowest BCUT2D eigenvalue weighted by molar-refractivity contribution is -0.216. The second kappa shape index (κ2) is 10.9. The molecule has 0 radical (unpaired) electrons. The molecule has 0 atom stereocenters. The molecule has 170 valence electrons. The van der Waals surface area contributed by atoms with Crippen LogP contribution in [-0.4, -0.2) is 50.5 Å². The Morgan fingerprint density at radius 1 is 1.06 bits per heavy atom. The highest BCUT2D eigenvalue weighted by Crippen LogP contribution is 2.25. The van der Waals surface area contributed by atoms with Gasteiger partial charge in [0.2, 0.25) is 6.41 Å². The first-order valence-electron chi connectivity index (χ1n) is 9.88. The van der Waals surface area contributed by atoms with Gasteiger partial charge in [-0.2, -0.15) is 8.42 Å². The van der Waals surface area contributed by atoms with Crippen LogP contribution in [0.15, 0.2) is 53.4 Å². The molecule has 31 heavy (non-hydrogen) atoms. The Bertz CT molecular complexity index is 976. The molecule has 7 nitrogen and oxygen atoms in total. The van der Waals surface area contributed by atoms with Crippen LogP contribution in [0.2, 0.25) is 5.02 Å². The van der Waals surface area contributed by atoms with Crippen molar-refractivity contribution < 1.29 is 22.2 Å². The Morgan fingerprint density at radius 3 is 2.42 bits per heavy atom. The lowest BCUT2D eigenvalue weighted by Crippen LogP contribution is -2.34. The monoisotopic (exact) mass is 468 g/mol. The topological polar surface area (TPSA) is 76.2 Å². The van der Waals surface area contributed by atoms with Gasteiger partial charge in [-0.3, -0.25) is 9.63 Å². The summed E-state index contributed by atoms with van der Waals surface area (Å²) >= 11 is 5.99. The number of hydroxylamine groups is 2. The molecule has 0 aliphatic rings. The lowest BCUT2D eigenvalue weighted by atomic mass is 10.2. The van der Waals surface area contributed by atoms with Crippen molar-refractivity contribution in [2.24, 2.45) is 0 Å². The minimum absolute atomic E-state index is 0.0728. The number of hydrogen-bond acceptors (Lipinski definition) is 6. The Balaban J connectivity index is 1.93. The molecule has 2 aromatic rings. The van der Waals surface area contributed by atoms with E-state index in [-0.39, 0.29) is 15.7 Å². The fraction of sp³-hybridized carbons (Fsp3) is 0.409. The zero-order chi connectivity index (χ0) is 23.1. The van der Waals surface area contributed by atoms with E-state index in [2.05, 4.69) is 4.90 Å². The van der Waals surface area contributed by atoms with Gasteiger partial charge < -0.3 is 9.08 Å². The summed E-state index contributed by atoms with van der Waals surface area (Å²) in [5, 5.41) is 1.42. The zero-order valence-electron chi connectivity index (χ0n) is 18.2. The standard InChI is InChI=1S/C22H29ClN2O5S/c1-22(2,3)30-25(17-26)14-8-13-24(4)16-18-9-7-10-19(15-18)29-31(27,28)21-12-6-5-11-20(21)23/h5-7,9-12,15,17H,8,13-14,16H2,1-4H3. The summed E-state index contributed by atoms with van der Waals surface area (Å²) in [5.74, 6) is 0.219. The summed E-state index contributed by atoms with van der Waals surface area (Å²) in [6.07, 6.45) is 1.41.